The molecule has 1 aromatic heterocycles. The standard InChI is InChI=1S/C11H20N4/c1-9(10-4-2-3-5-10)12-7-6-11-13-8-14-15-11/h8-10,12H,2-7H2,1H3,(H,13,14,15). The second-order valence-corrected chi connectivity index (χ2v) is 4.47. The highest BCUT2D eigenvalue weighted by Crippen LogP contribution is 2.27. The maximum atomic E-state index is 4.10. The fourth-order valence-electron chi connectivity index (χ4n) is 2.39. The van der Waals surface area contributed by atoms with Crippen LogP contribution in [0.1, 0.15) is 38.4 Å². The lowest BCUT2D eigenvalue weighted by molar-refractivity contribution is 0.383. The van der Waals surface area contributed by atoms with E-state index in [0.29, 0.717) is 6.04 Å². The van der Waals surface area contributed by atoms with Crippen LogP contribution in [-0.2, 0) is 6.42 Å². The summed E-state index contributed by atoms with van der Waals surface area (Å²) in [6.45, 7) is 3.29. The molecule has 1 fully saturated rings. The third kappa shape index (κ3) is 3.02. The van der Waals surface area contributed by atoms with Crippen molar-refractivity contribution < 1.29 is 0 Å². The van der Waals surface area contributed by atoms with Crippen LogP contribution in [0.15, 0.2) is 6.33 Å². The third-order valence-electron chi connectivity index (χ3n) is 3.40. The molecule has 0 aliphatic heterocycles. The Kier molecular flexibility index (Phi) is 3.72. The Morgan fingerprint density at radius 2 is 2.33 bits per heavy atom. The number of nitrogens with one attached hydrogen (secondary N) is 2. The molecule has 0 bridgehead atoms. The van der Waals surface area contributed by atoms with Crippen LogP contribution >= 0.6 is 0 Å². The SMILES string of the molecule is CC(NCCc1ncn[nH]1)C1CCCC1. The van der Waals surface area contributed by atoms with E-state index >= 15 is 0 Å². The highest BCUT2D eigenvalue weighted by Gasteiger charge is 2.20. The molecule has 84 valence electrons. The summed E-state index contributed by atoms with van der Waals surface area (Å²) in [5.74, 6) is 1.86. The molecule has 1 aromatic rings. The number of hydrogen-bond acceptors (Lipinski definition) is 3. The van der Waals surface area contributed by atoms with Crippen LogP contribution in [0.25, 0.3) is 0 Å². The summed E-state index contributed by atoms with van der Waals surface area (Å²) in [4.78, 5) is 4.10. The summed E-state index contributed by atoms with van der Waals surface area (Å²) in [5, 5.41) is 10.3. The Bertz CT molecular complexity index is 264. The normalized spacial score (nSPS) is 19.5. The van der Waals surface area contributed by atoms with Gasteiger partial charge in [0.1, 0.15) is 12.2 Å². The van der Waals surface area contributed by atoms with Crippen molar-refractivity contribution >= 4 is 0 Å². The fraction of sp³-hybridized carbons (Fsp3) is 0.818. The summed E-state index contributed by atoms with van der Waals surface area (Å²) >= 11 is 0. The van der Waals surface area contributed by atoms with Crippen molar-refractivity contribution in [2.75, 3.05) is 6.54 Å². The summed E-state index contributed by atoms with van der Waals surface area (Å²) < 4.78 is 0. The average molecular weight is 208 g/mol. The molecule has 1 aliphatic carbocycles. The summed E-state index contributed by atoms with van der Waals surface area (Å²) in [6, 6.07) is 0.649. The summed E-state index contributed by atoms with van der Waals surface area (Å²) in [7, 11) is 0. The Morgan fingerprint density at radius 3 is 3.00 bits per heavy atom. The first-order valence-corrected chi connectivity index (χ1v) is 5.94. The number of rotatable bonds is 5. The van der Waals surface area contributed by atoms with E-state index in [0.717, 1.165) is 24.7 Å². The molecule has 4 nitrogen and oxygen atoms in total. The largest absolute Gasteiger partial charge is 0.314 e. The Morgan fingerprint density at radius 1 is 1.53 bits per heavy atom. The number of aromatic nitrogens is 3. The highest BCUT2D eigenvalue weighted by atomic mass is 15.2. The molecule has 1 saturated carbocycles. The van der Waals surface area contributed by atoms with Gasteiger partial charge in [0.15, 0.2) is 0 Å². The van der Waals surface area contributed by atoms with Gasteiger partial charge in [-0.2, -0.15) is 5.10 Å². The number of nitrogens with zero attached hydrogens (tertiary/aromatic N) is 2. The van der Waals surface area contributed by atoms with Crippen molar-refractivity contribution in [1.82, 2.24) is 20.5 Å². The first-order valence-electron chi connectivity index (χ1n) is 5.94. The lowest BCUT2D eigenvalue weighted by Gasteiger charge is -2.19. The number of aromatic amines is 1. The van der Waals surface area contributed by atoms with E-state index in [1.165, 1.54) is 25.7 Å². The fourth-order valence-corrected chi connectivity index (χ4v) is 2.39. The molecule has 0 saturated heterocycles. The van der Waals surface area contributed by atoms with Gasteiger partial charge in [0.25, 0.3) is 0 Å². The predicted molar refractivity (Wildman–Crippen MR) is 59.5 cm³/mol. The first kappa shape index (κ1) is 10.6. The van der Waals surface area contributed by atoms with Gasteiger partial charge in [-0.15, -0.1) is 0 Å². The molecule has 1 atom stereocenters. The second-order valence-electron chi connectivity index (χ2n) is 4.47. The van der Waals surface area contributed by atoms with Crippen molar-refractivity contribution in [1.29, 1.82) is 0 Å². The zero-order chi connectivity index (χ0) is 10.5. The Labute approximate surface area is 90.9 Å². The Balaban J connectivity index is 1.64. The van der Waals surface area contributed by atoms with Crippen molar-refractivity contribution in [2.45, 2.75) is 45.1 Å². The molecule has 0 radical (unpaired) electrons. The zero-order valence-electron chi connectivity index (χ0n) is 9.37. The van der Waals surface area contributed by atoms with Gasteiger partial charge in [-0.3, -0.25) is 5.10 Å². The number of hydrogen-bond donors (Lipinski definition) is 2. The van der Waals surface area contributed by atoms with Gasteiger partial charge < -0.3 is 5.32 Å². The van der Waals surface area contributed by atoms with Gasteiger partial charge in [0.2, 0.25) is 0 Å². The third-order valence-corrected chi connectivity index (χ3v) is 3.40. The summed E-state index contributed by atoms with van der Waals surface area (Å²) in [5.41, 5.74) is 0. The minimum Gasteiger partial charge on any atom is -0.314 e. The molecule has 2 rings (SSSR count). The van der Waals surface area contributed by atoms with E-state index in [4.69, 9.17) is 0 Å². The van der Waals surface area contributed by atoms with Crippen molar-refractivity contribution in [2.24, 2.45) is 5.92 Å². The van der Waals surface area contributed by atoms with Crippen molar-refractivity contribution in [3.05, 3.63) is 12.2 Å². The number of H-pyrrole nitrogens is 1. The maximum absolute atomic E-state index is 4.10. The molecule has 0 spiro atoms. The summed E-state index contributed by atoms with van der Waals surface area (Å²) in [6.07, 6.45) is 8.14. The predicted octanol–water partition coefficient (Wildman–Crippen LogP) is 1.52. The van der Waals surface area contributed by atoms with E-state index in [1.54, 1.807) is 6.33 Å². The lowest BCUT2D eigenvalue weighted by atomic mass is 10.00. The zero-order valence-corrected chi connectivity index (χ0v) is 9.37. The highest BCUT2D eigenvalue weighted by molar-refractivity contribution is 4.83. The van der Waals surface area contributed by atoms with Gasteiger partial charge in [-0.25, -0.2) is 4.98 Å². The molecule has 15 heavy (non-hydrogen) atoms. The maximum Gasteiger partial charge on any atom is 0.137 e. The minimum absolute atomic E-state index is 0.649. The quantitative estimate of drug-likeness (QED) is 0.771. The molecule has 1 aliphatic rings. The van der Waals surface area contributed by atoms with E-state index in [9.17, 15) is 0 Å². The van der Waals surface area contributed by atoms with Gasteiger partial charge >= 0.3 is 0 Å². The van der Waals surface area contributed by atoms with Gasteiger partial charge in [0, 0.05) is 19.0 Å². The molecule has 1 unspecified atom stereocenters. The molecular formula is C11H20N4. The molecule has 0 aromatic carbocycles. The second kappa shape index (κ2) is 5.26. The van der Waals surface area contributed by atoms with Gasteiger partial charge in [-0.05, 0) is 25.7 Å². The van der Waals surface area contributed by atoms with Crippen LogP contribution in [0.4, 0.5) is 0 Å². The molecule has 2 N–H and O–H groups in total. The van der Waals surface area contributed by atoms with Crippen LogP contribution in [-0.4, -0.2) is 27.8 Å². The Hall–Kier alpha value is -0.900. The van der Waals surface area contributed by atoms with Crippen LogP contribution in [0.5, 0.6) is 0 Å². The molecular weight excluding hydrogens is 188 g/mol. The van der Waals surface area contributed by atoms with Crippen molar-refractivity contribution in [3.63, 3.8) is 0 Å². The van der Waals surface area contributed by atoms with E-state index < -0.39 is 0 Å². The van der Waals surface area contributed by atoms with Crippen LogP contribution in [0.3, 0.4) is 0 Å². The first-order chi connectivity index (χ1) is 7.36. The topological polar surface area (TPSA) is 53.6 Å². The van der Waals surface area contributed by atoms with E-state index in [2.05, 4.69) is 27.4 Å². The van der Waals surface area contributed by atoms with E-state index in [-0.39, 0.29) is 0 Å². The average Bonchev–Trinajstić information content (AvgIpc) is 2.90. The molecule has 1 heterocycles. The van der Waals surface area contributed by atoms with Crippen LogP contribution in [0.2, 0.25) is 0 Å². The lowest BCUT2D eigenvalue weighted by Crippen LogP contribution is -2.33. The minimum atomic E-state index is 0.649. The molecule has 4 heteroatoms. The van der Waals surface area contributed by atoms with Crippen LogP contribution in [0, 0.1) is 5.92 Å². The smallest absolute Gasteiger partial charge is 0.137 e. The monoisotopic (exact) mass is 208 g/mol. The van der Waals surface area contributed by atoms with E-state index in [1.807, 2.05) is 0 Å². The van der Waals surface area contributed by atoms with Gasteiger partial charge in [-0.1, -0.05) is 12.8 Å². The van der Waals surface area contributed by atoms with Crippen LogP contribution < -0.4 is 5.32 Å². The van der Waals surface area contributed by atoms with Crippen molar-refractivity contribution in [3.8, 4) is 0 Å². The van der Waals surface area contributed by atoms with Gasteiger partial charge in [0.05, 0.1) is 0 Å². The molecule has 0 amide bonds.